The average molecular weight is 284 g/mol. The van der Waals surface area contributed by atoms with Gasteiger partial charge >= 0.3 is 0 Å². The fourth-order valence-electron chi connectivity index (χ4n) is 2.10. The summed E-state index contributed by atoms with van der Waals surface area (Å²) in [6, 6.07) is 4.09. The maximum atomic E-state index is 11.5. The zero-order valence-corrected chi connectivity index (χ0v) is 12.8. The Morgan fingerprint density at radius 3 is 2.68 bits per heavy atom. The van der Waals surface area contributed by atoms with Crippen LogP contribution in [-0.2, 0) is 9.84 Å². The Kier molecular flexibility index (Phi) is 6.45. The van der Waals surface area contributed by atoms with Gasteiger partial charge in [-0.15, -0.1) is 0 Å². The minimum Gasteiger partial charge on any atom is -0.309 e. The van der Waals surface area contributed by atoms with Gasteiger partial charge in [0, 0.05) is 18.0 Å². The Morgan fingerprint density at radius 2 is 2.11 bits per heavy atom. The summed E-state index contributed by atoms with van der Waals surface area (Å²) >= 11 is 0. The number of aromatic nitrogens is 1. The predicted molar refractivity (Wildman–Crippen MR) is 79.0 cm³/mol. The molecule has 0 saturated heterocycles. The Bertz CT molecular complexity index is 486. The number of sulfone groups is 1. The van der Waals surface area contributed by atoms with Crippen molar-refractivity contribution in [3.63, 3.8) is 0 Å². The highest BCUT2D eigenvalue weighted by Crippen LogP contribution is 2.20. The van der Waals surface area contributed by atoms with E-state index in [-0.39, 0.29) is 17.5 Å². The van der Waals surface area contributed by atoms with Crippen LogP contribution in [-0.4, -0.2) is 31.5 Å². The molecule has 0 fully saturated rings. The van der Waals surface area contributed by atoms with Crippen LogP contribution in [0.1, 0.15) is 44.0 Å². The van der Waals surface area contributed by atoms with E-state index in [1.807, 2.05) is 26.0 Å². The predicted octanol–water partition coefficient (Wildman–Crippen LogP) is 2.26. The molecule has 0 aliphatic carbocycles. The van der Waals surface area contributed by atoms with E-state index < -0.39 is 9.84 Å². The first-order chi connectivity index (χ1) is 9.00. The van der Waals surface area contributed by atoms with Gasteiger partial charge in [-0.1, -0.05) is 19.9 Å². The van der Waals surface area contributed by atoms with Crippen molar-refractivity contribution in [2.75, 3.05) is 18.1 Å². The number of aryl methyl sites for hydroxylation is 1. The standard InChI is InChI=1S/C14H24N2O2S/c1-4-15-13(9-7-11-19(17,18)5-2)14-12(3)8-6-10-16-14/h6,8,10,13,15H,4-5,7,9,11H2,1-3H3. The minimum absolute atomic E-state index is 0.137. The van der Waals surface area contributed by atoms with Gasteiger partial charge in [0.1, 0.15) is 9.84 Å². The normalized spacial score (nSPS) is 13.4. The molecule has 0 aromatic carbocycles. The van der Waals surface area contributed by atoms with E-state index in [4.69, 9.17) is 0 Å². The molecule has 19 heavy (non-hydrogen) atoms. The Hall–Kier alpha value is -0.940. The lowest BCUT2D eigenvalue weighted by Crippen LogP contribution is -2.23. The molecule has 1 aromatic rings. The number of nitrogens with one attached hydrogen (secondary N) is 1. The molecule has 1 aromatic heterocycles. The number of hydrogen-bond acceptors (Lipinski definition) is 4. The molecule has 5 heteroatoms. The molecular formula is C14H24N2O2S. The topological polar surface area (TPSA) is 59.1 Å². The first-order valence-corrected chi connectivity index (χ1v) is 8.67. The highest BCUT2D eigenvalue weighted by Gasteiger charge is 2.15. The van der Waals surface area contributed by atoms with Gasteiger partial charge in [0.2, 0.25) is 0 Å². The van der Waals surface area contributed by atoms with Crippen molar-refractivity contribution in [2.24, 2.45) is 0 Å². The first kappa shape index (κ1) is 16.1. The molecule has 4 nitrogen and oxygen atoms in total. The zero-order valence-electron chi connectivity index (χ0n) is 12.0. The minimum atomic E-state index is -2.87. The second-order valence-electron chi connectivity index (χ2n) is 4.69. The first-order valence-electron chi connectivity index (χ1n) is 6.85. The molecule has 0 saturated carbocycles. The van der Waals surface area contributed by atoms with E-state index in [9.17, 15) is 8.42 Å². The summed E-state index contributed by atoms with van der Waals surface area (Å²) in [5.74, 6) is 0.485. The summed E-state index contributed by atoms with van der Waals surface area (Å²) in [6.45, 7) is 6.63. The van der Waals surface area contributed by atoms with Crippen molar-refractivity contribution in [3.05, 3.63) is 29.6 Å². The number of rotatable bonds is 8. The summed E-state index contributed by atoms with van der Waals surface area (Å²) in [7, 11) is -2.87. The van der Waals surface area contributed by atoms with E-state index in [0.717, 1.165) is 24.2 Å². The molecule has 0 radical (unpaired) electrons. The van der Waals surface area contributed by atoms with Gasteiger partial charge in [0.25, 0.3) is 0 Å². The van der Waals surface area contributed by atoms with Crippen LogP contribution < -0.4 is 5.32 Å². The van der Waals surface area contributed by atoms with E-state index in [1.165, 1.54) is 0 Å². The second kappa shape index (κ2) is 7.60. The number of nitrogens with zero attached hydrogens (tertiary/aromatic N) is 1. The number of pyridine rings is 1. The Morgan fingerprint density at radius 1 is 1.37 bits per heavy atom. The van der Waals surface area contributed by atoms with Gasteiger partial charge in [0.15, 0.2) is 0 Å². The van der Waals surface area contributed by atoms with Crippen LogP contribution in [0.5, 0.6) is 0 Å². The van der Waals surface area contributed by atoms with Crippen LogP contribution in [0.25, 0.3) is 0 Å². The molecule has 1 unspecified atom stereocenters. The molecule has 108 valence electrons. The smallest absolute Gasteiger partial charge is 0.150 e. The molecule has 0 spiro atoms. The fourth-order valence-corrected chi connectivity index (χ4v) is 2.99. The van der Waals surface area contributed by atoms with Crippen LogP contribution in [0.2, 0.25) is 0 Å². The summed E-state index contributed by atoms with van der Waals surface area (Å²) in [5.41, 5.74) is 2.17. The molecule has 1 rings (SSSR count). The van der Waals surface area contributed by atoms with E-state index in [1.54, 1.807) is 13.1 Å². The van der Waals surface area contributed by atoms with Crippen molar-refractivity contribution < 1.29 is 8.42 Å². The third-order valence-corrected chi connectivity index (χ3v) is 5.01. The average Bonchev–Trinajstić information content (AvgIpc) is 2.38. The van der Waals surface area contributed by atoms with E-state index in [2.05, 4.69) is 10.3 Å². The lowest BCUT2D eigenvalue weighted by Gasteiger charge is -2.19. The second-order valence-corrected chi connectivity index (χ2v) is 7.17. The molecule has 0 bridgehead atoms. The maximum absolute atomic E-state index is 11.5. The monoisotopic (exact) mass is 284 g/mol. The molecule has 0 aliphatic heterocycles. The highest BCUT2D eigenvalue weighted by molar-refractivity contribution is 7.91. The van der Waals surface area contributed by atoms with Crippen LogP contribution in [0.15, 0.2) is 18.3 Å². The fraction of sp³-hybridized carbons (Fsp3) is 0.643. The number of hydrogen-bond donors (Lipinski definition) is 1. The van der Waals surface area contributed by atoms with E-state index >= 15 is 0 Å². The SMILES string of the molecule is CCNC(CCCS(=O)(=O)CC)c1ncccc1C. The van der Waals surface area contributed by atoms with Gasteiger partial charge in [-0.3, -0.25) is 4.98 Å². The van der Waals surface area contributed by atoms with Crippen molar-refractivity contribution in [2.45, 2.75) is 39.7 Å². The molecule has 1 heterocycles. The van der Waals surface area contributed by atoms with E-state index in [0.29, 0.717) is 6.42 Å². The van der Waals surface area contributed by atoms with Gasteiger partial charge in [-0.2, -0.15) is 0 Å². The zero-order chi connectivity index (χ0) is 14.3. The molecule has 1 atom stereocenters. The summed E-state index contributed by atoms with van der Waals surface area (Å²) in [6.07, 6.45) is 3.25. The lowest BCUT2D eigenvalue weighted by atomic mass is 10.0. The Balaban J connectivity index is 2.67. The van der Waals surface area contributed by atoms with Crippen molar-refractivity contribution in [1.29, 1.82) is 0 Å². The highest BCUT2D eigenvalue weighted by atomic mass is 32.2. The largest absolute Gasteiger partial charge is 0.309 e. The van der Waals surface area contributed by atoms with Crippen LogP contribution in [0, 0.1) is 6.92 Å². The van der Waals surface area contributed by atoms with Crippen LogP contribution >= 0.6 is 0 Å². The van der Waals surface area contributed by atoms with Gasteiger partial charge < -0.3 is 5.32 Å². The molecule has 0 aliphatic rings. The molecular weight excluding hydrogens is 260 g/mol. The van der Waals surface area contributed by atoms with Crippen molar-refractivity contribution >= 4 is 9.84 Å². The van der Waals surface area contributed by atoms with Crippen LogP contribution in [0.4, 0.5) is 0 Å². The molecule has 0 amide bonds. The maximum Gasteiger partial charge on any atom is 0.150 e. The van der Waals surface area contributed by atoms with Gasteiger partial charge in [-0.25, -0.2) is 8.42 Å². The summed E-state index contributed by atoms with van der Waals surface area (Å²) in [4.78, 5) is 4.42. The lowest BCUT2D eigenvalue weighted by molar-refractivity contribution is 0.494. The third-order valence-electron chi connectivity index (χ3n) is 3.22. The van der Waals surface area contributed by atoms with Gasteiger partial charge in [0.05, 0.1) is 11.4 Å². The van der Waals surface area contributed by atoms with Crippen molar-refractivity contribution in [3.8, 4) is 0 Å². The molecule has 1 N–H and O–H groups in total. The Labute approximate surface area is 116 Å². The van der Waals surface area contributed by atoms with Gasteiger partial charge in [-0.05, 0) is 37.9 Å². The summed E-state index contributed by atoms with van der Waals surface area (Å²) in [5, 5.41) is 3.39. The summed E-state index contributed by atoms with van der Waals surface area (Å²) < 4.78 is 23.0. The third kappa shape index (κ3) is 5.28. The van der Waals surface area contributed by atoms with Crippen molar-refractivity contribution in [1.82, 2.24) is 10.3 Å². The quantitative estimate of drug-likeness (QED) is 0.795. The van der Waals surface area contributed by atoms with Crippen LogP contribution in [0.3, 0.4) is 0 Å².